The molecule has 0 aliphatic heterocycles. The third kappa shape index (κ3) is 3.87. The Kier molecular flexibility index (Phi) is 7.21. The van der Waals surface area contributed by atoms with Gasteiger partial charge in [-0.05, 0) is 31.6 Å². The molecule has 5 unspecified atom stereocenters. The fourth-order valence-electron chi connectivity index (χ4n) is 9.17. The van der Waals surface area contributed by atoms with Gasteiger partial charge >= 0.3 is 5.97 Å². The van der Waals surface area contributed by atoms with Crippen molar-refractivity contribution in [2.45, 2.75) is 105 Å². The molecule has 222 valence electrons. The summed E-state index contributed by atoms with van der Waals surface area (Å²) in [6.45, 7) is 11.8. The van der Waals surface area contributed by atoms with E-state index in [4.69, 9.17) is 4.74 Å². The van der Waals surface area contributed by atoms with Gasteiger partial charge in [-0.15, -0.1) is 0 Å². The number of fused-ring (bicyclic) bond motifs is 4. The Balaban J connectivity index is 1.81. The van der Waals surface area contributed by atoms with Crippen molar-refractivity contribution in [3.8, 4) is 0 Å². The lowest BCUT2D eigenvalue weighted by atomic mass is 9.42. The third-order valence-corrected chi connectivity index (χ3v) is 11.7. The average molecular weight is 561 g/mol. The van der Waals surface area contributed by atoms with Crippen molar-refractivity contribution in [1.82, 2.24) is 0 Å². The third-order valence-electron chi connectivity index (χ3n) is 11.7. The van der Waals surface area contributed by atoms with Crippen molar-refractivity contribution >= 4 is 29.1 Å². The van der Waals surface area contributed by atoms with Crippen LogP contribution in [0.1, 0.15) is 87.0 Å². The highest BCUT2D eigenvalue weighted by atomic mass is 16.5. The largest absolute Gasteiger partial charge is 0.469 e. The van der Waals surface area contributed by atoms with Crippen molar-refractivity contribution in [3.63, 3.8) is 0 Å². The van der Waals surface area contributed by atoms with E-state index >= 15 is 0 Å². The fraction of sp³-hybridized carbons (Fsp3) is 0.774. The summed E-state index contributed by atoms with van der Waals surface area (Å²) in [4.78, 5) is 65.8. The highest BCUT2D eigenvalue weighted by molar-refractivity contribution is 6.13. The number of hydrogen-bond donors (Lipinski definition) is 3. The predicted molar refractivity (Wildman–Crippen MR) is 144 cm³/mol. The predicted octanol–water partition coefficient (Wildman–Crippen LogP) is 2.51. The number of ketones is 4. The normalized spacial score (nSPS) is 41.0. The molecule has 9 nitrogen and oxygen atoms in total. The Morgan fingerprint density at radius 1 is 1.07 bits per heavy atom. The fourth-order valence-corrected chi connectivity index (χ4v) is 9.17. The number of hydrogen-bond acceptors (Lipinski definition) is 9. The lowest BCUT2D eigenvalue weighted by Gasteiger charge is -2.60. The van der Waals surface area contributed by atoms with Gasteiger partial charge in [0.1, 0.15) is 17.7 Å². The molecule has 40 heavy (non-hydrogen) atoms. The quantitative estimate of drug-likeness (QED) is 0.416. The number of carbonyl (C=O) groups is 5. The second-order valence-corrected chi connectivity index (χ2v) is 14.2. The summed E-state index contributed by atoms with van der Waals surface area (Å²) in [5.74, 6) is -3.90. The molecule has 3 N–H and O–H groups in total. The van der Waals surface area contributed by atoms with Crippen molar-refractivity contribution in [2.24, 2.45) is 39.4 Å². The smallest absolute Gasteiger partial charge is 0.308 e. The van der Waals surface area contributed by atoms with Gasteiger partial charge in [-0.25, -0.2) is 0 Å². The minimum Gasteiger partial charge on any atom is -0.469 e. The molecule has 9 atom stereocenters. The van der Waals surface area contributed by atoms with Crippen molar-refractivity contribution < 1.29 is 44.0 Å². The molecule has 9 heteroatoms. The number of rotatable bonds is 6. The van der Waals surface area contributed by atoms with Gasteiger partial charge in [0, 0.05) is 58.5 Å². The molecule has 0 amide bonds. The van der Waals surface area contributed by atoms with E-state index in [9.17, 15) is 39.3 Å². The average Bonchev–Trinajstić information content (AvgIpc) is 3.08. The number of carbonyl (C=O) groups excluding carboxylic acids is 5. The zero-order chi connectivity index (χ0) is 30.4. The molecule has 0 bridgehead atoms. The summed E-state index contributed by atoms with van der Waals surface area (Å²) in [6.07, 6.45) is -2.76. The van der Waals surface area contributed by atoms with Crippen LogP contribution in [0.3, 0.4) is 0 Å². The van der Waals surface area contributed by atoms with Crippen LogP contribution >= 0.6 is 0 Å². The van der Waals surface area contributed by atoms with Crippen LogP contribution in [-0.4, -0.2) is 69.3 Å². The van der Waals surface area contributed by atoms with Crippen LogP contribution in [0.5, 0.6) is 0 Å². The van der Waals surface area contributed by atoms with Gasteiger partial charge in [0.05, 0.1) is 24.7 Å². The van der Waals surface area contributed by atoms with E-state index in [-0.39, 0.29) is 54.8 Å². The molecule has 2 fully saturated rings. The van der Waals surface area contributed by atoms with E-state index < -0.39 is 74.8 Å². The molecular formula is C31H44O9. The Morgan fingerprint density at radius 3 is 2.25 bits per heavy atom. The van der Waals surface area contributed by atoms with Gasteiger partial charge in [-0.3, -0.25) is 24.0 Å². The number of Topliss-reactive ketones (excluding diaryl/α,β-unsaturated/α-hetero) is 4. The summed E-state index contributed by atoms with van der Waals surface area (Å²) < 4.78 is 4.69. The zero-order valence-corrected chi connectivity index (χ0v) is 24.9. The molecule has 0 aromatic heterocycles. The molecule has 4 aliphatic carbocycles. The maximum Gasteiger partial charge on any atom is 0.308 e. The highest BCUT2D eigenvalue weighted by Crippen LogP contribution is 2.71. The highest BCUT2D eigenvalue weighted by Gasteiger charge is 2.74. The first-order valence-electron chi connectivity index (χ1n) is 14.3. The standard InChI is InChI=1S/C31H44O9/c1-15(26(38)40-8)11-16(32)14-29(5,39)19-13-21(35)31(7)22-17(33)12-18-27(2,3)20(34)9-10-28(18,4)23(22)24(36)25(37)30(19,31)6/h15,18-19,21,25,35,37,39H,9-14H2,1-8H3/t15?,18?,19-,21?,25-,28+,29?,30+,31?/m1/s1. The second-order valence-electron chi connectivity index (χ2n) is 14.2. The van der Waals surface area contributed by atoms with Crippen LogP contribution in [-0.2, 0) is 28.7 Å². The van der Waals surface area contributed by atoms with E-state index in [0.29, 0.717) is 6.42 Å². The molecule has 0 radical (unpaired) electrons. The summed E-state index contributed by atoms with van der Waals surface area (Å²) in [5, 5.41) is 35.1. The Hall–Kier alpha value is -2.23. The second kappa shape index (κ2) is 9.39. The van der Waals surface area contributed by atoms with Crippen molar-refractivity contribution in [1.29, 1.82) is 0 Å². The summed E-state index contributed by atoms with van der Waals surface area (Å²) >= 11 is 0. The molecule has 0 aromatic rings. The van der Waals surface area contributed by atoms with Crippen molar-refractivity contribution in [3.05, 3.63) is 11.1 Å². The summed E-state index contributed by atoms with van der Waals surface area (Å²) in [6, 6.07) is 0. The maximum atomic E-state index is 14.2. The number of esters is 1. The number of methoxy groups -OCH3 is 1. The van der Waals surface area contributed by atoms with E-state index in [1.165, 1.54) is 14.0 Å². The van der Waals surface area contributed by atoms with Gasteiger partial charge in [-0.1, -0.05) is 41.5 Å². The van der Waals surface area contributed by atoms with Gasteiger partial charge in [0.15, 0.2) is 11.6 Å². The van der Waals surface area contributed by atoms with Crippen LogP contribution in [0.4, 0.5) is 0 Å². The maximum absolute atomic E-state index is 14.2. The lowest BCUT2D eigenvalue weighted by molar-refractivity contribution is -0.168. The summed E-state index contributed by atoms with van der Waals surface area (Å²) in [5.41, 5.74) is -5.89. The van der Waals surface area contributed by atoms with Crippen LogP contribution < -0.4 is 0 Å². The van der Waals surface area contributed by atoms with Gasteiger partial charge in [0.25, 0.3) is 0 Å². The molecule has 0 saturated heterocycles. The molecule has 0 heterocycles. The van der Waals surface area contributed by atoms with Gasteiger partial charge in [0.2, 0.25) is 0 Å². The minimum atomic E-state index is -1.76. The lowest BCUT2D eigenvalue weighted by Crippen LogP contribution is -2.65. The minimum absolute atomic E-state index is 0.0369. The van der Waals surface area contributed by atoms with E-state index in [0.717, 1.165) is 0 Å². The Bertz CT molecular complexity index is 1210. The first kappa shape index (κ1) is 30.7. The molecule has 4 aliphatic rings. The number of aliphatic hydroxyl groups excluding tert-OH is 2. The zero-order valence-electron chi connectivity index (χ0n) is 24.9. The Labute approximate surface area is 235 Å². The van der Waals surface area contributed by atoms with E-state index in [1.807, 2.05) is 20.8 Å². The monoisotopic (exact) mass is 560 g/mol. The molecule has 4 rings (SSSR count). The molecule has 0 aromatic carbocycles. The van der Waals surface area contributed by atoms with Crippen LogP contribution in [0.25, 0.3) is 0 Å². The van der Waals surface area contributed by atoms with E-state index in [2.05, 4.69) is 0 Å². The topological polar surface area (TPSA) is 155 Å². The van der Waals surface area contributed by atoms with E-state index in [1.54, 1.807) is 20.8 Å². The SMILES string of the molecule is COC(=O)C(C)CC(=O)CC(C)(O)[C@H]1CC(O)C2(C)C3=C(C(=O)[C@@H](O)[C@]12C)[C@@]1(C)CCC(=O)C(C)(C)C1CC3=O. The Morgan fingerprint density at radius 2 is 1.68 bits per heavy atom. The van der Waals surface area contributed by atoms with Gasteiger partial charge < -0.3 is 20.1 Å². The van der Waals surface area contributed by atoms with Crippen LogP contribution in [0.15, 0.2) is 11.1 Å². The first-order chi connectivity index (χ1) is 18.2. The molecule has 0 spiro atoms. The summed E-state index contributed by atoms with van der Waals surface area (Å²) in [7, 11) is 1.23. The van der Waals surface area contributed by atoms with Crippen LogP contribution in [0.2, 0.25) is 0 Å². The van der Waals surface area contributed by atoms with Gasteiger partial charge in [-0.2, -0.15) is 0 Å². The first-order valence-corrected chi connectivity index (χ1v) is 14.3. The van der Waals surface area contributed by atoms with Crippen LogP contribution in [0, 0.1) is 39.4 Å². The van der Waals surface area contributed by atoms with Crippen molar-refractivity contribution in [2.75, 3.05) is 7.11 Å². The molecular weight excluding hydrogens is 516 g/mol. The molecule has 2 saturated carbocycles. The number of ether oxygens (including phenoxy) is 1. The number of aliphatic hydroxyl groups is 3.